The van der Waals surface area contributed by atoms with Crippen molar-refractivity contribution in [3.63, 3.8) is 0 Å². The topological polar surface area (TPSA) is 77.1 Å². The quantitative estimate of drug-likeness (QED) is 0.419. The van der Waals surface area contributed by atoms with Crippen LogP contribution in [0.1, 0.15) is 40.0 Å². The summed E-state index contributed by atoms with van der Waals surface area (Å²) in [6.45, 7) is 2.31. The first-order valence-corrected chi connectivity index (χ1v) is 11.8. The third kappa shape index (κ3) is 4.95. The van der Waals surface area contributed by atoms with Crippen LogP contribution in [-0.4, -0.2) is 44.3 Å². The van der Waals surface area contributed by atoms with Crippen molar-refractivity contribution in [2.24, 2.45) is 0 Å². The zero-order valence-corrected chi connectivity index (χ0v) is 20.9. The van der Waals surface area contributed by atoms with Crippen LogP contribution in [0.15, 0.2) is 54.6 Å². The highest BCUT2D eigenvalue weighted by atomic mass is 35.5. The number of hydrogen-bond donors (Lipinski definition) is 1. The van der Waals surface area contributed by atoms with Crippen molar-refractivity contribution >= 4 is 29.3 Å². The summed E-state index contributed by atoms with van der Waals surface area (Å²) in [5, 5.41) is 3.05. The highest BCUT2D eigenvalue weighted by Crippen LogP contribution is 2.43. The monoisotopic (exact) mass is 512 g/mol. The normalized spacial score (nSPS) is 14.6. The summed E-state index contributed by atoms with van der Waals surface area (Å²) >= 11 is 6.47. The van der Waals surface area contributed by atoms with Gasteiger partial charge in [-0.3, -0.25) is 0 Å². The maximum atomic E-state index is 15.2. The number of urea groups is 1. The Bertz CT molecular complexity index is 1260. The molecule has 1 heterocycles. The molecule has 3 aromatic rings. The molecular formula is C27H26ClFN2O5. The van der Waals surface area contributed by atoms with Crippen LogP contribution < -0.4 is 14.8 Å². The van der Waals surface area contributed by atoms with E-state index in [-0.39, 0.29) is 17.2 Å². The minimum Gasteiger partial charge on any atom is -0.493 e. The van der Waals surface area contributed by atoms with E-state index < -0.39 is 23.9 Å². The lowest BCUT2D eigenvalue weighted by atomic mass is 9.87. The number of nitrogens with one attached hydrogen (secondary N) is 1. The standard InChI is InChI=1S/C27H26ClFN2O5/c1-4-36-26(32)16-8-10-18(11-9-16)30-27(33)31-13-12-17-14-22(34-2)23(35-3)15-19(17)25(31)24-20(28)6-5-7-21(24)29/h5-11,14-15,25H,4,12-13H2,1-3H3,(H,30,33)/t25-/m0/s1. The van der Waals surface area contributed by atoms with Gasteiger partial charge in [-0.2, -0.15) is 0 Å². The summed E-state index contributed by atoms with van der Waals surface area (Å²) in [7, 11) is 3.06. The molecular weight excluding hydrogens is 487 g/mol. The number of rotatable bonds is 6. The van der Waals surface area contributed by atoms with Crippen molar-refractivity contribution in [2.45, 2.75) is 19.4 Å². The number of anilines is 1. The van der Waals surface area contributed by atoms with Gasteiger partial charge < -0.3 is 24.4 Å². The summed E-state index contributed by atoms with van der Waals surface area (Å²) in [5.41, 5.74) is 2.64. The average Bonchev–Trinajstić information content (AvgIpc) is 2.88. The van der Waals surface area contributed by atoms with Gasteiger partial charge in [0.15, 0.2) is 11.5 Å². The zero-order valence-electron chi connectivity index (χ0n) is 20.1. The fourth-order valence-corrected chi connectivity index (χ4v) is 4.61. The van der Waals surface area contributed by atoms with Gasteiger partial charge in [0.05, 0.1) is 32.4 Å². The van der Waals surface area contributed by atoms with E-state index in [9.17, 15) is 9.59 Å². The van der Waals surface area contributed by atoms with Crippen molar-refractivity contribution in [1.29, 1.82) is 0 Å². The number of amides is 2. The second kappa shape index (κ2) is 10.9. The van der Waals surface area contributed by atoms with Gasteiger partial charge in [-0.1, -0.05) is 17.7 Å². The predicted octanol–water partition coefficient (Wildman–Crippen LogP) is 5.85. The summed E-state index contributed by atoms with van der Waals surface area (Å²) < 4.78 is 31.1. The third-order valence-electron chi connectivity index (χ3n) is 6.06. The van der Waals surface area contributed by atoms with Gasteiger partial charge >= 0.3 is 12.0 Å². The number of halogens is 2. The van der Waals surface area contributed by atoms with Gasteiger partial charge in [-0.25, -0.2) is 14.0 Å². The molecule has 2 amide bonds. The first-order chi connectivity index (χ1) is 17.4. The predicted molar refractivity (Wildman–Crippen MR) is 135 cm³/mol. The molecule has 3 aromatic carbocycles. The maximum absolute atomic E-state index is 15.2. The molecule has 0 radical (unpaired) electrons. The number of methoxy groups -OCH3 is 2. The number of ether oxygens (including phenoxy) is 3. The summed E-state index contributed by atoms with van der Waals surface area (Å²) in [4.78, 5) is 26.9. The van der Waals surface area contributed by atoms with E-state index in [2.05, 4.69) is 5.32 Å². The van der Waals surface area contributed by atoms with Crippen molar-refractivity contribution in [1.82, 2.24) is 4.90 Å². The summed E-state index contributed by atoms with van der Waals surface area (Å²) in [6, 6.07) is 13.2. The molecule has 0 bridgehead atoms. The number of fused-ring (bicyclic) bond motifs is 1. The number of carbonyl (C=O) groups excluding carboxylic acids is 2. The lowest BCUT2D eigenvalue weighted by molar-refractivity contribution is 0.0526. The largest absolute Gasteiger partial charge is 0.493 e. The molecule has 0 saturated carbocycles. The Balaban J connectivity index is 1.72. The molecule has 1 aliphatic rings. The Hall–Kier alpha value is -3.78. The molecule has 188 valence electrons. The first kappa shape index (κ1) is 25.3. The molecule has 0 saturated heterocycles. The molecule has 1 aliphatic heterocycles. The molecule has 4 rings (SSSR count). The second-order valence-corrected chi connectivity index (χ2v) is 8.52. The van der Waals surface area contributed by atoms with Crippen molar-refractivity contribution in [2.75, 3.05) is 32.7 Å². The Kier molecular flexibility index (Phi) is 7.64. The fourth-order valence-electron chi connectivity index (χ4n) is 4.35. The van der Waals surface area contributed by atoms with Crippen molar-refractivity contribution in [3.05, 3.63) is 87.7 Å². The minimum atomic E-state index is -0.805. The fraction of sp³-hybridized carbons (Fsp3) is 0.259. The molecule has 0 spiro atoms. The maximum Gasteiger partial charge on any atom is 0.338 e. The number of hydrogen-bond acceptors (Lipinski definition) is 5. The third-order valence-corrected chi connectivity index (χ3v) is 6.38. The SMILES string of the molecule is CCOC(=O)c1ccc(NC(=O)N2CCc3cc(OC)c(OC)cc3[C@H]2c2c(F)cccc2Cl)cc1. The van der Waals surface area contributed by atoms with E-state index in [1.54, 1.807) is 50.4 Å². The van der Waals surface area contributed by atoms with E-state index in [0.29, 0.717) is 41.3 Å². The van der Waals surface area contributed by atoms with Gasteiger partial charge in [0.25, 0.3) is 0 Å². The van der Waals surface area contributed by atoms with E-state index in [1.165, 1.54) is 24.1 Å². The molecule has 0 aromatic heterocycles. The van der Waals surface area contributed by atoms with Gasteiger partial charge in [-0.15, -0.1) is 0 Å². The van der Waals surface area contributed by atoms with Crippen molar-refractivity contribution < 1.29 is 28.2 Å². The van der Waals surface area contributed by atoms with Crippen LogP contribution in [0.5, 0.6) is 11.5 Å². The van der Waals surface area contributed by atoms with Crippen LogP contribution in [0.25, 0.3) is 0 Å². The van der Waals surface area contributed by atoms with Crippen LogP contribution >= 0.6 is 11.6 Å². The van der Waals surface area contributed by atoms with Gasteiger partial charge in [-0.05, 0) is 73.0 Å². The molecule has 1 N–H and O–H groups in total. The van der Waals surface area contributed by atoms with Crippen LogP contribution in [0, 0.1) is 5.82 Å². The van der Waals surface area contributed by atoms with Crippen LogP contribution in [0.3, 0.4) is 0 Å². The molecule has 36 heavy (non-hydrogen) atoms. The van der Waals surface area contributed by atoms with Crippen LogP contribution in [0.2, 0.25) is 5.02 Å². The average molecular weight is 513 g/mol. The lowest BCUT2D eigenvalue weighted by Crippen LogP contribution is -2.43. The van der Waals surface area contributed by atoms with E-state index in [0.717, 1.165) is 5.56 Å². The minimum absolute atomic E-state index is 0.195. The Morgan fingerprint density at radius 3 is 2.42 bits per heavy atom. The van der Waals surface area contributed by atoms with E-state index >= 15 is 4.39 Å². The summed E-state index contributed by atoms with van der Waals surface area (Å²) in [6.07, 6.45) is 0.521. The molecule has 0 unspecified atom stereocenters. The molecule has 0 aliphatic carbocycles. The number of nitrogens with zero attached hydrogens (tertiary/aromatic N) is 1. The van der Waals surface area contributed by atoms with E-state index in [4.69, 9.17) is 25.8 Å². The highest BCUT2D eigenvalue weighted by molar-refractivity contribution is 6.31. The Morgan fingerprint density at radius 1 is 1.08 bits per heavy atom. The summed E-state index contributed by atoms with van der Waals surface area (Å²) in [5.74, 6) is 0.0492. The van der Waals surface area contributed by atoms with Crippen LogP contribution in [0.4, 0.5) is 14.9 Å². The van der Waals surface area contributed by atoms with Gasteiger partial charge in [0, 0.05) is 22.8 Å². The lowest BCUT2D eigenvalue weighted by Gasteiger charge is -2.38. The molecule has 7 nitrogen and oxygen atoms in total. The van der Waals surface area contributed by atoms with E-state index in [1.807, 2.05) is 6.07 Å². The number of carbonyl (C=O) groups is 2. The number of benzene rings is 3. The van der Waals surface area contributed by atoms with Gasteiger partial charge in [0.1, 0.15) is 5.82 Å². The highest BCUT2D eigenvalue weighted by Gasteiger charge is 2.36. The Labute approximate surface area is 213 Å². The smallest absolute Gasteiger partial charge is 0.338 e. The molecule has 0 fully saturated rings. The van der Waals surface area contributed by atoms with Crippen LogP contribution in [-0.2, 0) is 11.2 Å². The van der Waals surface area contributed by atoms with Crippen molar-refractivity contribution in [3.8, 4) is 11.5 Å². The number of esters is 1. The zero-order chi connectivity index (χ0) is 25.8. The molecule has 1 atom stereocenters. The molecule has 9 heteroatoms. The van der Waals surface area contributed by atoms with Gasteiger partial charge in [0.2, 0.25) is 0 Å². The second-order valence-electron chi connectivity index (χ2n) is 8.12. The first-order valence-electron chi connectivity index (χ1n) is 11.4. The Morgan fingerprint density at radius 2 is 1.78 bits per heavy atom.